The molecule has 0 aliphatic carbocycles. The molecule has 30 heavy (non-hydrogen) atoms. The molecule has 0 bridgehead atoms. The Labute approximate surface area is 180 Å². The lowest BCUT2D eigenvalue weighted by molar-refractivity contribution is 0.102. The standard InChI is InChI=1S/C21H15ClN6OS/c22-16-13-27(12-14-5-2-1-3-6-14)26-19(16)25-21(29)15-11-24-28-17(8-9-23-20(15)28)18-7-4-10-30-18/h1-11,13H,12H2,(H,25,26,29). The van der Waals surface area contributed by atoms with Crippen LogP contribution in [0.4, 0.5) is 5.82 Å². The number of thiophene rings is 1. The normalized spacial score (nSPS) is 11.1. The maximum atomic E-state index is 12.9. The van der Waals surface area contributed by atoms with Gasteiger partial charge in [-0.25, -0.2) is 9.50 Å². The van der Waals surface area contributed by atoms with Gasteiger partial charge in [-0.1, -0.05) is 48.0 Å². The number of rotatable bonds is 5. The van der Waals surface area contributed by atoms with E-state index in [1.165, 1.54) is 6.20 Å². The van der Waals surface area contributed by atoms with Crippen molar-refractivity contribution in [3.05, 3.63) is 88.7 Å². The van der Waals surface area contributed by atoms with Crippen LogP contribution < -0.4 is 5.32 Å². The van der Waals surface area contributed by atoms with Gasteiger partial charge in [-0.2, -0.15) is 10.2 Å². The van der Waals surface area contributed by atoms with Crippen LogP contribution in [0.3, 0.4) is 0 Å². The minimum atomic E-state index is -0.368. The highest BCUT2D eigenvalue weighted by Crippen LogP contribution is 2.26. The van der Waals surface area contributed by atoms with Gasteiger partial charge < -0.3 is 5.32 Å². The fraction of sp³-hybridized carbons (Fsp3) is 0.0476. The molecule has 0 saturated heterocycles. The van der Waals surface area contributed by atoms with Crippen molar-refractivity contribution in [3.63, 3.8) is 0 Å². The van der Waals surface area contributed by atoms with Crippen molar-refractivity contribution >= 4 is 40.3 Å². The first-order valence-electron chi connectivity index (χ1n) is 9.14. The van der Waals surface area contributed by atoms with Crippen molar-refractivity contribution in [2.24, 2.45) is 0 Å². The predicted molar refractivity (Wildman–Crippen MR) is 117 cm³/mol. The van der Waals surface area contributed by atoms with E-state index in [1.807, 2.05) is 53.9 Å². The van der Waals surface area contributed by atoms with E-state index >= 15 is 0 Å². The Morgan fingerprint density at radius 3 is 2.80 bits per heavy atom. The third kappa shape index (κ3) is 3.47. The van der Waals surface area contributed by atoms with Crippen LogP contribution in [0.15, 0.2) is 72.5 Å². The summed E-state index contributed by atoms with van der Waals surface area (Å²) in [5.74, 6) is -0.0703. The molecule has 0 spiro atoms. The molecular formula is C21H15ClN6OS. The Kier molecular flexibility index (Phi) is 4.78. The second kappa shape index (κ2) is 7.74. The van der Waals surface area contributed by atoms with Crippen molar-refractivity contribution in [3.8, 4) is 10.6 Å². The third-order valence-corrected chi connectivity index (χ3v) is 5.72. The molecule has 0 unspecified atom stereocenters. The van der Waals surface area contributed by atoms with Crippen molar-refractivity contribution in [1.29, 1.82) is 0 Å². The average Bonchev–Trinajstić information content (AvgIpc) is 3.49. The van der Waals surface area contributed by atoms with Gasteiger partial charge in [-0.3, -0.25) is 9.48 Å². The van der Waals surface area contributed by atoms with E-state index in [0.29, 0.717) is 28.6 Å². The number of fused-ring (bicyclic) bond motifs is 1. The number of benzene rings is 1. The zero-order valence-corrected chi connectivity index (χ0v) is 17.1. The molecule has 1 amide bonds. The second-order valence-electron chi connectivity index (χ2n) is 6.56. The van der Waals surface area contributed by atoms with Gasteiger partial charge in [0, 0.05) is 12.4 Å². The Morgan fingerprint density at radius 1 is 1.13 bits per heavy atom. The van der Waals surface area contributed by atoms with Crippen LogP contribution in [-0.4, -0.2) is 30.3 Å². The summed E-state index contributed by atoms with van der Waals surface area (Å²) in [5, 5.41) is 13.9. The van der Waals surface area contributed by atoms with Gasteiger partial charge >= 0.3 is 0 Å². The molecule has 4 heterocycles. The predicted octanol–water partition coefficient (Wildman–Crippen LogP) is 4.61. The quantitative estimate of drug-likeness (QED) is 0.438. The molecule has 9 heteroatoms. The first kappa shape index (κ1) is 18.5. The molecule has 1 aromatic carbocycles. The smallest absolute Gasteiger partial charge is 0.262 e. The first-order chi connectivity index (χ1) is 14.7. The number of carbonyl (C=O) groups is 1. The van der Waals surface area contributed by atoms with Gasteiger partial charge in [0.05, 0.1) is 23.3 Å². The molecule has 5 aromatic rings. The second-order valence-corrected chi connectivity index (χ2v) is 7.92. The van der Waals surface area contributed by atoms with Crippen LogP contribution in [0.1, 0.15) is 15.9 Å². The lowest BCUT2D eigenvalue weighted by Crippen LogP contribution is -2.13. The summed E-state index contributed by atoms with van der Waals surface area (Å²) in [6.07, 6.45) is 4.86. The van der Waals surface area contributed by atoms with Gasteiger partial charge in [-0.05, 0) is 23.1 Å². The van der Waals surface area contributed by atoms with Crippen LogP contribution in [-0.2, 0) is 6.54 Å². The summed E-state index contributed by atoms with van der Waals surface area (Å²) in [7, 11) is 0. The number of nitrogens with zero attached hydrogens (tertiary/aromatic N) is 5. The molecule has 0 atom stereocenters. The van der Waals surface area contributed by atoms with E-state index in [0.717, 1.165) is 16.1 Å². The van der Waals surface area contributed by atoms with E-state index in [4.69, 9.17) is 11.6 Å². The molecule has 1 N–H and O–H groups in total. The zero-order chi connectivity index (χ0) is 20.5. The van der Waals surface area contributed by atoms with E-state index < -0.39 is 0 Å². The lowest BCUT2D eigenvalue weighted by atomic mass is 10.2. The van der Waals surface area contributed by atoms with Gasteiger partial charge in [0.15, 0.2) is 11.5 Å². The summed E-state index contributed by atoms with van der Waals surface area (Å²) >= 11 is 7.89. The molecule has 5 rings (SSSR count). The number of hydrogen-bond acceptors (Lipinski definition) is 5. The SMILES string of the molecule is O=C(Nc1nn(Cc2ccccc2)cc1Cl)c1cnn2c(-c3cccs3)ccnc12. The van der Waals surface area contributed by atoms with Gasteiger partial charge in [0.25, 0.3) is 5.91 Å². The average molecular weight is 435 g/mol. The van der Waals surface area contributed by atoms with E-state index in [9.17, 15) is 4.79 Å². The summed E-state index contributed by atoms with van der Waals surface area (Å²) in [6, 6.07) is 15.7. The maximum Gasteiger partial charge on any atom is 0.262 e. The minimum absolute atomic E-state index is 0.298. The number of aromatic nitrogens is 5. The van der Waals surface area contributed by atoms with Crippen LogP contribution in [0, 0.1) is 0 Å². The van der Waals surface area contributed by atoms with Crippen LogP contribution >= 0.6 is 22.9 Å². The zero-order valence-electron chi connectivity index (χ0n) is 15.6. The lowest BCUT2D eigenvalue weighted by Gasteiger charge is -2.04. The summed E-state index contributed by atoms with van der Waals surface area (Å²) in [4.78, 5) is 18.3. The van der Waals surface area contributed by atoms with Gasteiger partial charge in [0.1, 0.15) is 10.6 Å². The largest absolute Gasteiger partial charge is 0.304 e. The number of amides is 1. The highest BCUT2D eigenvalue weighted by Gasteiger charge is 2.19. The van der Waals surface area contributed by atoms with E-state index in [-0.39, 0.29) is 5.91 Å². The van der Waals surface area contributed by atoms with E-state index in [2.05, 4.69) is 20.5 Å². The first-order valence-corrected chi connectivity index (χ1v) is 10.4. The van der Waals surface area contributed by atoms with Gasteiger partial charge in [-0.15, -0.1) is 11.3 Å². The number of halogens is 1. The number of anilines is 1. The number of hydrogen-bond donors (Lipinski definition) is 1. The molecule has 0 aliphatic heterocycles. The molecule has 148 valence electrons. The van der Waals surface area contributed by atoms with Crippen LogP contribution in [0.25, 0.3) is 16.2 Å². The van der Waals surface area contributed by atoms with Crippen LogP contribution in [0.5, 0.6) is 0 Å². The topological polar surface area (TPSA) is 77.1 Å². The fourth-order valence-electron chi connectivity index (χ4n) is 3.17. The molecule has 0 aliphatic rings. The fourth-order valence-corrected chi connectivity index (χ4v) is 4.10. The summed E-state index contributed by atoms with van der Waals surface area (Å²) in [6.45, 7) is 0.554. The Bertz CT molecular complexity index is 1330. The molecule has 7 nitrogen and oxygen atoms in total. The molecule has 0 fully saturated rings. The monoisotopic (exact) mass is 434 g/mol. The third-order valence-electron chi connectivity index (χ3n) is 4.56. The van der Waals surface area contributed by atoms with Crippen molar-refractivity contribution in [1.82, 2.24) is 24.4 Å². The minimum Gasteiger partial charge on any atom is -0.304 e. The molecule has 4 aromatic heterocycles. The highest BCUT2D eigenvalue weighted by molar-refractivity contribution is 7.13. The molecular weight excluding hydrogens is 420 g/mol. The Balaban J connectivity index is 1.41. The van der Waals surface area contributed by atoms with Crippen molar-refractivity contribution < 1.29 is 4.79 Å². The molecule has 0 radical (unpaired) electrons. The number of nitrogens with one attached hydrogen (secondary N) is 1. The van der Waals surface area contributed by atoms with E-state index in [1.54, 1.807) is 32.9 Å². The number of carbonyl (C=O) groups excluding carboxylic acids is 1. The Morgan fingerprint density at radius 2 is 2.00 bits per heavy atom. The van der Waals surface area contributed by atoms with Crippen molar-refractivity contribution in [2.45, 2.75) is 6.54 Å². The van der Waals surface area contributed by atoms with Crippen LogP contribution in [0.2, 0.25) is 5.02 Å². The summed E-state index contributed by atoms with van der Waals surface area (Å²) in [5.41, 5.74) is 2.78. The Hall–Kier alpha value is -3.49. The summed E-state index contributed by atoms with van der Waals surface area (Å²) < 4.78 is 3.35. The van der Waals surface area contributed by atoms with Crippen molar-refractivity contribution in [2.75, 3.05) is 5.32 Å². The maximum absolute atomic E-state index is 12.9. The molecule has 0 saturated carbocycles. The highest BCUT2D eigenvalue weighted by atomic mass is 35.5. The van der Waals surface area contributed by atoms with Gasteiger partial charge in [0.2, 0.25) is 0 Å².